The van der Waals surface area contributed by atoms with Crippen LogP contribution in [0.1, 0.15) is 5.56 Å². The third-order valence-corrected chi connectivity index (χ3v) is 6.37. The van der Waals surface area contributed by atoms with Crippen molar-refractivity contribution in [2.45, 2.75) is 11.8 Å². The molecular weight excluding hydrogens is 450 g/mol. The molecule has 9 heteroatoms. The average Bonchev–Trinajstić information content (AvgIpc) is 2.66. The summed E-state index contributed by atoms with van der Waals surface area (Å²) < 4.78 is 41.7. The quantitative estimate of drug-likeness (QED) is 0.537. The van der Waals surface area contributed by atoms with Gasteiger partial charge in [-0.15, -0.1) is 0 Å². The molecule has 156 valence electrons. The molecule has 3 aromatic rings. The Morgan fingerprint density at radius 1 is 1.00 bits per heavy atom. The fourth-order valence-corrected chi connectivity index (χ4v) is 4.70. The second-order valence-electron chi connectivity index (χ2n) is 6.48. The molecular formula is C21H17Cl2FN2O3S. The number of halogens is 3. The molecule has 3 rings (SSSR count). The highest BCUT2D eigenvalue weighted by Crippen LogP contribution is 2.27. The Morgan fingerprint density at radius 2 is 1.60 bits per heavy atom. The topological polar surface area (TPSA) is 66.5 Å². The fourth-order valence-electron chi connectivity index (χ4n) is 2.75. The van der Waals surface area contributed by atoms with Crippen LogP contribution < -0.4 is 9.62 Å². The first kappa shape index (κ1) is 22.1. The van der Waals surface area contributed by atoms with Crippen LogP contribution in [0.5, 0.6) is 0 Å². The van der Waals surface area contributed by atoms with Gasteiger partial charge in [-0.1, -0.05) is 53.0 Å². The number of rotatable bonds is 6. The van der Waals surface area contributed by atoms with Gasteiger partial charge in [-0.05, 0) is 49.4 Å². The minimum atomic E-state index is -4.22. The van der Waals surface area contributed by atoms with Gasteiger partial charge in [-0.25, -0.2) is 12.8 Å². The van der Waals surface area contributed by atoms with Crippen molar-refractivity contribution >= 4 is 50.5 Å². The number of benzene rings is 3. The van der Waals surface area contributed by atoms with Gasteiger partial charge in [0.25, 0.3) is 10.0 Å². The normalized spacial score (nSPS) is 11.2. The first-order valence-corrected chi connectivity index (χ1v) is 11.0. The van der Waals surface area contributed by atoms with Crippen LogP contribution in [0.3, 0.4) is 0 Å². The Labute approximate surface area is 184 Å². The minimum absolute atomic E-state index is 0.0602. The molecule has 30 heavy (non-hydrogen) atoms. The van der Waals surface area contributed by atoms with Crippen LogP contribution in [0.25, 0.3) is 0 Å². The minimum Gasteiger partial charge on any atom is -0.324 e. The van der Waals surface area contributed by atoms with E-state index in [2.05, 4.69) is 5.32 Å². The van der Waals surface area contributed by atoms with E-state index in [1.54, 1.807) is 12.1 Å². The molecule has 0 radical (unpaired) electrons. The molecule has 3 aromatic carbocycles. The molecule has 0 spiro atoms. The first-order chi connectivity index (χ1) is 14.2. The van der Waals surface area contributed by atoms with E-state index in [1.165, 1.54) is 48.5 Å². The summed E-state index contributed by atoms with van der Waals surface area (Å²) in [5.41, 5.74) is 0.915. The molecule has 5 nitrogen and oxygen atoms in total. The van der Waals surface area contributed by atoms with Crippen molar-refractivity contribution in [2.75, 3.05) is 16.2 Å². The zero-order chi connectivity index (χ0) is 21.9. The van der Waals surface area contributed by atoms with Crippen molar-refractivity contribution in [1.29, 1.82) is 0 Å². The summed E-state index contributed by atoms with van der Waals surface area (Å²) in [5, 5.41) is 3.14. The number of carbonyl (C=O) groups is 1. The lowest BCUT2D eigenvalue weighted by atomic mass is 10.2. The monoisotopic (exact) mass is 466 g/mol. The number of carbonyl (C=O) groups excluding carboxylic acids is 1. The third-order valence-electron chi connectivity index (χ3n) is 4.16. The number of aryl methyl sites for hydroxylation is 1. The number of para-hydroxylation sites is 1. The van der Waals surface area contributed by atoms with Crippen LogP contribution in [-0.4, -0.2) is 20.9 Å². The SMILES string of the molecule is Cc1ccc(S(=O)(=O)N(CC(=O)Nc2cc(Cl)cc(Cl)c2)c2ccccc2F)cc1. The molecule has 0 saturated carbocycles. The molecule has 0 atom stereocenters. The van der Waals surface area contributed by atoms with E-state index < -0.39 is 28.3 Å². The maximum Gasteiger partial charge on any atom is 0.264 e. The highest BCUT2D eigenvalue weighted by atomic mass is 35.5. The summed E-state index contributed by atoms with van der Waals surface area (Å²) in [6.45, 7) is 1.16. The van der Waals surface area contributed by atoms with Gasteiger partial charge in [0.1, 0.15) is 12.4 Å². The van der Waals surface area contributed by atoms with Gasteiger partial charge >= 0.3 is 0 Å². The third kappa shape index (κ3) is 5.11. The van der Waals surface area contributed by atoms with Crippen LogP contribution in [-0.2, 0) is 14.8 Å². The Hall–Kier alpha value is -2.61. The van der Waals surface area contributed by atoms with Gasteiger partial charge < -0.3 is 5.32 Å². The molecule has 0 aliphatic carbocycles. The van der Waals surface area contributed by atoms with Crippen LogP contribution in [0.4, 0.5) is 15.8 Å². The standard InChI is InChI=1S/C21H17Cl2FN2O3S/c1-14-6-8-18(9-7-14)30(28,29)26(20-5-3-2-4-19(20)24)13-21(27)25-17-11-15(22)10-16(23)12-17/h2-12H,13H2,1H3,(H,25,27). The first-order valence-electron chi connectivity index (χ1n) is 8.77. The Morgan fingerprint density at radius 3 is 2.20 bits per heavy atom. The van der Waals surface area contributed by atoms with Crippen molar-refractivity contribution in [3.05, 3.63) is 88.2 Å². The largest absolute Gasteiger partial charge is 0.324 e. The van der Waals surface area contributed by atoms with E-state index in [1.807, 2.05) is 6.92 Å². The number of nitrogens with one attached hydrogen (secondary N) is 1. The maximum absolute atomic E-state index is 14.5. The fraction of sp³-hybridized carbons (Fsp3) is 0.0952. The highest BCUT2D eigenvalue weighted by molar-refractivity contribution is 7.92. The zero-order valence-corrected chi connectivity index (χ0v) is 18.1. The second kappa shape index (κ2) is 9.04. The predicted molar refractivity (Wildman–Crippen MR) is 117 cm³/mol. The van der Waals surface area contributed by atoms with Crippen molar-refractivity contribution < 1.29 is 17.6 Å². The summed E-state index contributed by atoms with van der Waals surface area (Å²) in [7, 11) is -4.22. The average molecular weight is 467 g/mol. The summed E-state index contributed by atoms with van der Waals surface area (Å²) in [6, 6.07) is 15.8. The van der Waals surface area contributed by atoms with Gasteiger partial charge in [0.15, 0.2) is 0 Å². The molecule has 0 bridgehead atoms. The number of amides is 1. The Balaban J connectivity index is 1.97. The van der Waals surface area contributed by atoms with Gasteiger partial charge in [0.2, 0.25) is 5.91 Å². The van der Waals surface area contributed by atoms with Gasteiger partial charge in [-0.2, -0.15) is 0 Å². The second-order valence-corrected chi connectivity index (χ2v) is 9.22. The zero-order valence-electron chi connectivity index (χ0n) is 15.8. The molecule has 0 fully saturated rings. The van der Waals surface area contributed by atoms with Gasteiger partial charge in [-0.3, -0.25) is 9.10 Å². The Kier molecular flexibility index (Phi) is 6.65. The molecule has 0 aliphatic rings. The van der Waals surface area contributed by atoms with E-state index in [-0.39, 0.29) is 10.6 Å². The molecule has 1 amide bonds. The number of nitrogens with zero attached hydrogens (tertiary/aromatic N) is 1. The maximum atomic E-state index is 14.5. The van der Waals surface area contributed by atoms with E-state index in [0.717, 1.165) is 15.9 Å². The molecule has 0 aliphatic heterocycles. The van der Waals surface area contributed by atoms with E-state index >= 15 is 0 Å². The highest BCUT2D eigenvalue weighted by Gasteiger charge is 2.29. The van der Waals surface area contributed by atoms with Crippen LogP contribution in [0.2, 0.25) is 10.0 Å². The Bertz CT molecular complexity index is 1160. The number of hydrogen-bond donors (Lipinski definition) is 1. The van der Waals surface area contributed by atoms with E-state index in [9.17, 15) is 17.6 Å². The summed E-state index contributed by atoms with van der Waals surface area (Å²) in [4.78, 5) is 12.6. The molecule has 1 N–H and O–H groups in total. The van der Waals surface area contributed by atoms with Crippen molar-refractivity contribution in [1.82, 2.24) is 0 Å². The summed E-state index contributed by atoms with van der Waals surface area (Å²) >= 11 is 11.9. The smallest absolute Gasteiger partial charge is 0.264 e. The molecule has 0 unspecified atom stereocenters. The van der Waals surface area contributed by atoms with Crippen molar-refractivity contribution in [3.8, 4) is 0 Å². The van der Waals surface area contributed by atoms with Crippen LogP contribution in [0, 0.1) is 12.7 Å². The summed E-state index contributed by atoms with van der Waals surface area (Å²) in [5.74, 6) is -1.46. The lowest BCUT2D eigenvalue weighted by Gasteiger charge is -2.24. The molecule has 0 saturated heterocycles. The predicted octanol–water partition coefficient (Wildman–Crippen LogP) is 5.27. The van der Waals surface area contributed by atoms with E-state index in [4.69, 9.17) is 23.2 Å². The van der Waals surface area contributed by atoms with Crippen LogP contribution >= 0.6 is 23.2 Å². The van der Waals surface area contributed by atoms with Crippen molar-refractivity contribution in [2.24, 2.45) is 0 Å². The number of anilines is 2. The van der Waals surface area contributed by atoms with Crippen LogP contribution in [0.15, 0.2) is 71.6 Å². The molecule has 0 aromatic heterocycles. The number of sulfonamides is 1. The lowest BCUT2D eigenvalue weighted by molar-refractivity contribution is -0.114. The van der Waals surface area contributed by atoms with Gasteiger partial charge in [0, 0.05) is 15.7 Å². The summed E-state index contributed by atoms with van der Waals surface area (Å²) in [6.07, 6.45) is 0. The van der Waals surface area contributed by atoms with Gasteiger partial charge in [0.05, 0.1) is 10.6 Å². The number of hydrogen-bond acceptors (Lipinski definition) is 3. The van der Waals surface area contributed by atoms with E-state index in [0.29, 0.717) is 15.7 Å². The van der Waals surface area contributed by atoms with Crippen molar-refractivity contribution in [3.63, 3.8) is 0 Å². The lowest BCUT2D eigenvalue weighted by Crippen LogP contribution is -2.38. The molecule has 0 heterocycles.